The fraction of sp³-hybridized carbons (Fsp3) is 0.421. The Morgan fingerprint density at radius 1 is 1.16 bits per heavy atom. The Hall–Kier alpha value is -2.81. The molecule has 0 amide bonds. The highest BCUT2D eigenvalue weighted by Gasteiger charge is 2.28. The van der Waals surface area contributed by atoms with E-state index in [9.17, 15) is 14.9 Å². The number of ether oxygens (including phenoxy) is 2. The number of esters is 1. The predicted octanol–water partition coefficient (Wildman–Crippen LogP) is 4.01. The molecule has 0 radical (unpaired) electrons. The number of nitriles is 1. The van der Waals surface area contributed by atoms with Gasteiger partial charge in [-0.2, -0.15) is 5.26 Å². The molecule has 0 N–H and O–H groups in total. The Balaban J connectivity index is 2.71. The predicted molar refractivity (Wildman–Crippen MR) is 93.5 cm³/mol. The van der Waals surface area contributed by atoms with Gasteiger partial charge >= 0.3 is 12.1 Å². The van der Waals surface area contributed by atoms with Crippen LogP contribution in [-0.2, 0) is 14.9 Å². The molecule has 0 bridgehead atoms. The quantitative estimate of drug-likeness (QED) is 0.770. The first-order valence-corrected chi connectivity index (χ1v) is 7.88. The first-order valence-electron chi connectivity index (χ1n) is 7.88. The highest BCUT2D eigenvalue weighted by Crippen LogP contribution is 2.33. The van der Waals surface area contributed by atoms with Crippen LogP contribution >= 0.6 is 0 Å². The summed E-state index contributed by atoms with van der Waals surface area (Å²) in [4.78, 5) is 24.4. The number of hydrogen-bond donors (Lipinski definition) is 0. The second-order valence-corrected chi connectivity index (χ2v) is 7.35. The minimum Gasteiger partial charge on any atom is -0.465 e. The van der Waals surface area contributed by atoms with Gasteiger partial charge in [-0.05, 0) is 58.4 Å². The van der Waals surface area contributed by atoms with Gasteiger partial charge in [-0.3, -0.25) is 4.57 Å². The van der Waals surface area contributed by atoms with Crippen molar-refractivity contribution in [3.05, 3.63) is 35.5 Å². The third-order valence-electron chi connectivity index (χ3n) is 3.77. The monoisotopic (exact) mass is 342 g/mol. The average molecular weight is 342 g/mol. The Morgan fingerprint density at radius 3 is 2.32 bits per heavy atom. The molecule has 1 aromatic carbocycles. The molecule has 0 aliphatic carbocycles. The Morgan fingerprint density at radius 2 is 1.80 bits per heavy atom. The van der Waals surface area contributed by atoms with Crippen LogP contribution in [0.4, 0.5) is 4.79 Å². The summed E-state index contributed by atoms with van der Waals surface area (Å²) in [5.41, 5.74) is 0.0684. The van der Waals surface area contributed by atoms with E-state index < -0.39 is 23.1 Å². The van der Waals surface area contributed by atoms with Crippen molar-refractivity contribution in [3.8, 4) is 6.07 Å². The van der Waals surface area contributed by atoms with Crippen molar-refractivity contribution in [2.45, 2.75) is 45.6 Å². The summed E-state index contributed by atoms with van der Waals surface area (Å²) in [6.07, 6.45) is 1.06. The SMILES string of the molecule is COC(=O)c1ccc2c(c1)c(C(C)(C)C#N)cn2C(=O)OC(C)(C)C. The number of hydrogen-bond acceptors (Lipinski definition) is 5. The highest BCUT2D eigenvalue weighted by molar-refractivity contribution is 5.99. The zero-order chi connectivity index (χ0) is 19.0. The summed E-state index contributed by atoms with van der Waals surface area (Å²) in [5, 5.41) is 10.1. The molecule has 1 heterocycles. The Bertz CT molecular complexity index is 879. The van der Waals surface area contributed by atoms with E-state index in [0.717, 1.165) is 0 Å². The lowest BCUT2D eigenvalue weighted by molar-refractivity contribution is 0.0543. The lowest BCUT2D eigenvalue weighted by Crippen LogP contribution is -2.26. The van der Waals surface area contributed by atoms with Crippen molar-refractivity contribution in [1.29, 1.82) is 5.26 Å². The number of carbonyl (C=O) groups excluding carboxylic acids is 2. The van der Waals surface area contributed by atoms with E-state index >= 15 is 0 Å². The number of rotatable bonds is 2. The van der Waals surface area contributed by atoms with Gasteiger partial charge in [0.2, 0.25) is 0 Å². The molecule has 0 spiro atoms. The lowest BCUT2D eigenvalue weighted by Gasteiger charge is -2.19. The van der Waals surface area contributed by atoms with Crippen molar-refractivity contribution >= 4 is 23.0 Å². The molecular formula is C19H22N2O4. The van der Waals surface area contributed by atoms with E-state index in [4.69, 9.17) is 9.47 Å². The maximum Gasteiger partial charge on any atom is 0.419 e. The first kappa shape index (κ1) is 18.5. The van der Waals surface area contributed by atoms with E-state index in [2.05, 4.69) is 6.07 Å². The first-order chi connectivity index (χ1) is 11.5. The van der Waals surface area contributed by atoms with Gasteiger partial charge < -0.3 is 9.47 Å². The fourth-order valence-corrected chi connectivity index (χ4v) is 2.50. The lowest BCUT2D eigenvalue weighted by atomic mass is 9.86. The molecule has 0 fully saturated rings. The van der Waals surface area contributed by atoms with Crippen LogP contribution in [0.1, 0.15) is 50.5 Å². The molecule has 132 valence electrons. The van der Waals surface area contributed by atoms with Crippen molar-refractivity contribution in [2.24, 2.45) is 0 Å². The van der Waals surface area contributed by atoms with E-state index in [0.29, 0.717) is 22.0 Å². The summed E-state index contributed by atoms with van der Waals surface area (Å²) >= 11 is 0. The third kappa shape index (κ3) is 3.66. The van der Waals surface area contributed by atoms with E-state index in [1.165, 1.54) is 11.7 Å². The van der Waals surface area contributed by atoms with Gasteiger partial charge in [-0.15, -0.1) is 0 Å². The van der Waals surface area contributed by atoms with Gasteiger partial charge in [0.05, 0.1) is 29.7 Å². The molecule has 0 unspecified atom stereocenters. The third-order valence-corrected chi connectivity index (χ3v) is 3.77. The second-order valence-electron chi connectivity index (χ2n) is 7.35. The fourth-order valence-electron chi connectivity index (χ4n) is 2.50. The molecule has 25 heavy (non-hydrogen) atoms. The standard InChI is InChI=1S/C19H22N2O4/c1-18(2,3)25-17(23)21-10-14(19(4,5)11-20)13-9-12(16(22)24-6)7-8-15(13)21/h7-10H,1-6H3. The molecule has 2 aromatic rings. The van der Waals surface area contributed by atoms with E-state index in [-0.39, 0.29) is 0 Å². The molecule has 6 nitrogen and oxygen atoms in total. The largest absolute Gasteiger partial charge is 0.465 e. The minimum atomic E-state index is -0.847. The topological polar surface area (TPSA) is 81.3 Å². The maximum absolute atomic E-state index is 12.5. The van der Waals surface area contributed by atoms with E-state index in [1.807, 2.05) is 0 Å². The van der Waals surface area contributed by atoms with Crippen LogP contribution in [-0.4, -0.2) is 29.3 Å². The van der Waals surface area contributed by atoms with Crippen LogP contribution in [0.3, 0.4) is 0 Å². The minimum absolute atomic E-state index is 0.354. The molecule has 0 aliphatic heterocycles. The number of fused-ring (bicyclic) bond motifs is 1. The van der Waals surface area contributed by atoms with E-state index in [1.54, 1.807) is 59.0 Å². The summed E-state index contributed by atoms with van der Waals surface area (Å²) in [7, 11) is 1.30. The zero-order valence-corrected chi connectivity index (χ0v) is 15.3. The number of benzene rings is 1. The van der Waals surface area contributed by atoms with Crippen LogP contribution in [0.2, 0.25) is 0 Å². The smallest absolute Gasteiger partial charge is 0.419 e. The normalized spacial score (nSPS) is 11.9. The number of aromatic nitrogens is 1. The summed E-state index contributed by atoms with van der Waals surface area (Å²) in [6.45, 7) is 8.86. The van der Waals surface area contributed by atoms with Crippen molar-refractivity contribution in [2.75, 3.05) is 7.11 Å². The second kappa shape index (κ2) is 6.25. The zero-order valence-electron chi connectivity index (χ0n) is 15.3. The molecule has 0 saturated carbocycles. The maximum atomic E-state index is 12.5. The van der Waals surface area contributed by atoms with Gasteiger partial charge in [0.15, 0.2) is 0 Å². The van der Waals surface area contributed by atoms with Gasteiger partial charge in [0, 0.05) is 11.6 Å². The Kier molecular flexibility index (Phi) is 4.63. The van der Waals surface area contributed by atoms with Crippen LogP contribution in [0.5, 0.6) is 0 Å². The molecule has 6 heteroatoms. The number of nitrogens with zero attached hydrogens (tertiary/aromatic N) is 2. The van der Waals surface area contributed by atoms with Gasteiger partial charge in [-0.25, -0.2) is 9.59 Å². The summed E-state index contributed by atoms with van der Waals surface area (Å²) < 4.78 is 11.6. The number of methoxy groups -OCH3 is 1. The summed E-state index contributed by atoms with van der Waals surface area (Å²) in [5.74, 6) is -0.479. The summed E-state index contributed by atoms with van der Waals surface area (Å²) in [6, 6.07) is 7.10. The molecule has 0 aliphatic rings. The average Bonchev–Trinajstić information content (AvgIpc) is 2.92. The highest BCUT2D eigenvalue weighted by atomic mass is 16.6. The van der Waals surface area contributed by atoms with Crippen molar-refractivity contribution < 1.29 is 19.1 Å². The van der Waals surface area contributed by atoms with Crippen LogP contribution < -0.4 is 0 Å². The van der Waals surface area contributed by atoms with Gasteiger partial charge in [0.1, 0.15) is 5.60 Å². The molecule has 0 saturated heterocycles. The van der Waals surface area contributed by atoms with Gasteiger partial charge in [0.25, 0.3) is 0 Å². The van der Waals surface area contributed by atoms with Crippen molar-refractivity contribution in [3.63, 3.8) is 0 Å². The molecular weight excluding hydrogens is 320 g/mol. The van der Waals surface area contributed by atoms with Crippen LogP contribution in [0.25, 0.3) is 10.9 Å². The molecule has 0 atom stereocenters. The number of carbonyl (C=O) groups is 2. The molecule has 2 rings (SSSR count). The molecule has 1 aromatic heterocycles. The Labute approximate surface area is 146 Å². The van der Waals surface area contributed by atoms with Crippen molar-refractivity contribution in [1.82, 2.24) is 4.57 Å². The van der Waals surface area contributed by atoms with Crippen LogP contribution in [0.15, 0.2) is 24.4 Å². The van der Waals surface area contributed by atoms with Crippen LogP contribution in [0, 0.1) is 11.3 Å². The van der Waals surface area contributed by atoms with Gasteiger partial charge in [-0.1, -0.05) is 0 Å².